The minimum atomic E-state index is -0.809. The van der Waals surface area contributed by atoms with Crippen molar-refractivity contribution in [2.75, 3.05) is 13.2 Å². The third-order valence-corrected chi connectivity index (χ3v) is 15.0. The number of esters is 3. The van der Waals surface area contributed by atoms with Gasteiger partial charge in [0, 0.05) is 19.3 Å². The van der Waals surface area contributed by atoms with Crippen molar-refractivity contribution in [3.63, 3.8) is 0 Å². The molecule has 0 aliphatic heterocycles. The predicted octanol–water partition coefficient (Wildman–Crippen LogP) is 24.3. The molecule has 0 radical (unpaired) electrons. The van der Waals surface area contributed by atoms with Crippen molar-refractivity contribution >= 4 is 17.9 Å². The molecular formula is C77H130O6. The average Bonchev–Trinajstić information content (AvgIpc) is 3.49. The average molecular weight is 1150 g/mol. The van der Waals surface area contributed by atoms with E-state index in [9.17, 15) is 14.4 Å². The Labute approximate surface area is 513 Å². The lowest BCUT2D eigenvalue weighted by molar-refractivity contribution is -0.167. The number of carbonyl (C=O) groups is 3. The van der Waals surface area contributed by atoms with E-state index in [0.717, 1.165) is 122 Å². The Morgan fingerprint density at radius 1 is 0.253 bits per heavy atom. The van der Waals surface area contributed by atoms with Gasteiger partial charge in [-0.25, -0.2) is 0 Å². The van der Waals surface area contributed by atoms with Crippen LogP contribution in [0.25, 0.3) is 0 Å². The fourth-order valence-corrected chi connectivity index (χ4v) is 9.79. The molecule has 0 aromatic heterocycles. The summed E-state index contributed by atoms with van der Waals surface area (Å²) in [6.45, 7) is 6.41. The van der Waals surface area contributed by atoms with Gasteiger partial charge in [-0.3, -0.25) is 14.4 Å². The largest absolute Gasteiger partial charge is 0.462 e. The molecule has 0 aromatic rings. The number of hydrogen-bond donors (Lipinski definition) is 0. The van der Waals surface area contributed by atoms with Crippen molar-refractivity contribution in [1.29, 1.82) is 0 Å². The highest BCUT2D eigenvalue weighted by Crippen LogP contribution is 2.17. The van der Waals surface area contributed by atoms with Gasteiger partial charge in [0.25, 0.3) is 0 Å². The van der Waals surface area contributed by atoms with Crippen LogP contribution >= 0.6 is 0 Å². The van der Waals surface area contributed by atoms with Gasteiger partial charge < -0.3 is 14.2 Å². The zero-order valence-corrected chi connectivity index (χ0v) is 54.4. The smallest absolute Gasteiger partial charge is 0.306 e. The van der Waals surface area contributed by atoms with Crippen LogP contribution < -0.4 is 0 Å². The number of hydrogen-bond acceptors (Lipinski definition) is 6. The van der Waals surface area contributed by atoms with Gasteiger partial charge in [0.2, 0.25) is 0 Å². The van der Waals surface area contributed by atoms with Crippen LogP contribution in [0.5, 0.6) is 0 Å². The Morgan fingerprint density at radius 3 is 0.759 bits per heavy atom. The topological polar surface area (TPSA) is 78.9 Å². The molecule has 0 rings (SSSR count). The molecule has 0 fully saturated rings. The lowest BCUT2D eigenvalue weighted by Gasteiger charge is -2.18. The van der Waals surface area contributed by atoms with Crippen molar-refractivity contribution in [2.24, 2.45) is 0 Å². The van der Waals surface area contributed by atoms with E-state index in [2.05, 4.69) is 142 Å². The fourth-order valence-electron chi connectivity index (χ4n) is 9.79. The molecule has 0 spiro atoms. The molecule has 83 heavy (non-hydrogen) atoms. The lowest BCUT2D eigenvalue weighted by atomic mass is 10.0. The van der Waals surface area contributed by atoms with Gasteiger partial charge in [-0.1, -0.05) is 322 Å². The molecule has 0 saturated carbocycles. The monoisotopic (exact) mass is 1150 g/mol. The van der Waals surface area contributed by atoms with Gasteiger partial charge in [0.1, 0.15) is 13.2 Å². The van der Waals surface area contributed by atoms with Crippen LogP contribution in [0, 0.1) is 0 Å². The molecule has 0 aromatic carbocycles. The van der Waals surface area contributed by atoms with E-state index < -0.39 is 6.10 Å². The van der Waals surface area contributed by atoms with Gasteiger partial charge in [0.15, 0.2) is 6.10 Å². The first kappa shape index (κ1) is 78.8. The van der Waals surface area contributed by atoms with Crippen LogP contribution in [0.15, 0.2) is 122 Å². The Kier molecular flexibility index (Phi) is 66.7. The van der Waals surface area contributed by atoms with Crippen molar-refractivity contribution in [2.45, 2.75) is 335 Å². The molecule has 6 nitrogen and oxygen atoms in total. The summed E-state index contributed by atoms with van der Waals surface area (Å²) in [7, 11) is 0. The minimum Gasteiger partial charge on any atom is -0.462 e. The SMILES string of the molecule is CC/C=C\C/C=C\C/C=C\C/C=C\C/C=C\C/C=C\CCCCC(=O)OC(COC(=O)CCCCCCCCCC/C=C\C/C=C\C/C=C\C/C=C\CC)COC(=O)CCCCCCCCCCCCCCCCCCCCCCCCC. The van der Waals surface area contributed by atoms with Crippen molar-refractivity contribution in [3.8, 4) is 0 Å². The Hall–Kier alpha value is -4.19. The number of allylic oxidation sites excluding steroid dienone is 20. The second-order valence-electron chi connectivity index (χ2n) is 23.0. The second kappa shape index (κ2) is 70.3. The normalized spacial score (nSPS) is 12.9. The molecule has 1 unspecified atom stereocenters. The van der Waals surface area contributed by atoms with Gasteiger partial charge in [-0.05, 0) is 109 Å². The van der Waals surface area contributed by atoms with Crippen LogP contribution in [0.1, 0.15) is 329 Å². The van der Waals surface area contributed by atoms with Crippen LogP contribution in [-0.4, -0.2) is 37.2 Å². The standard InChI is InChI=1S/C77H130O6/c1-4-7-10-13-16-19-22-25-28-31-34-37-38-41-43-46-49-52-55-58-61-64-67-70-76(79)82-73-74(83-77(80)71-68-65-62-59-56-53-50-47-44-40-36-33-30-27-24-21-18-15-12-9-6-3)72-81-75(78)69-66-63-60-57-54-51-48-45-42-39-35-32-29-26-23-20-17-14-11-8-5-2/h8-9,11-12,17-18,20-21,26-27,29-30,35-36,39-40,47,50,56,59,74H,4-7,10,13-16,19,22-25,28,31-34,37-38,41-46,48-49,51-55,57-58,60-73H2,1-3H3/b11-8-,12-9-,20-17-,21-18-,29-26-,30-27-,39-35-,40-36-,50-47-,59-56-. The number of unbranched alkanes of at least 4 members (excludes halogenated alkanes) is 32. The molecule has 0 heterocycles. The molecule has 0 aliphatic carbocycles. The third kappa shape index (κ3) is 68.5. The predicted molar refractivity (Wildman–Crippen MR) is 362 cm³/mol. The quantitative estimate of drug-likeness (QED) is 0.0261. The molecule has 1 atom stereocenters. The summed E-state index contributed by atoms with van der Waals surface area (Å²) in [5.41, 5.74) is 0. The molecule has 0 saturated heterocycles. The van der Waals surface area contributed by atoms with Gasteiger partial charge in [0.05, 0.1) is 0 Å². The molecule has 6 heteroatoms. The Morgan fingerprint density at radius 2 is 0.470 bits per heavy atom. The van der Waals surface area contributed by atoms with Crippen LogP contribution in [0.4, 0.5) is 0 Å². The zero-order chi connectivity index (χ0) is 59.9. The number of ether oxygens (including phenoxy) is 3. The van der Waals surface area contributed by atoms with Crippen LogP contribution in [0.3, 0.4) is 0 Å². The molecule has 474 valence electrons. The van der Waals surface area contributed by atoms with E-state index in [1.165, 1.54) is 161 Å². The molecule has 0 aliphatic rings. The second-order valence-corrected chi connectivity index (χ2v) is 23.0. The maximum atomic E-state index is 12.9. The van der Waals surface area contributed by atoms with E-state index in [4.69, 9.17) is 14.2 Å². The van der Waals surface area contributed by atoms with Crippen LogP contribution in [0.2, 0.25) is 0 Å². The Balaban J connectivity index is 4.45. The van der Waals surface area contributed by atoms with E-state index >= 15 is 0 Å². The summed E-state index contributed by atoms with van der Waals surface area (Å²) in [5, 5.41) is 0. The summed E-state index contributed by atoms with van der Waals surface area (Å²) in [5.74, 6) is -0.938. The molecule has 0 amide bonds. The summed E-state index contributed by atoms with van der Waals surface area (Å²) in [4.78, 5) is 38.5. The zero-order valence-electron chi connectivity index (χ0n) is 54.4. The van der Waals surface area contributed by atoms with Crippen molar-refractivity contribution in [3.05, 3.63) is 122 Å². The maximum absolute atomic E-state index is 12.9. The van der Waals surface area contributed by atoms with Crippen LogP contribution in [-0.2, 0) is 28.6 Å². The highest BCUT2D eigenvalue weighted by molar-refractivity contribution is 5.71. The highest BCUT2D eigenvalue weighted by Gasteiger charge is 2.19. The molecule has 0 bridgehead atoms. The van der Waals surface area contributed by atoms with Crippen molar-refractivity contribution < 1.29 is 28.6 Å². The van der Waals surface area contributed by atoms with Crippen molar-refractivity contribution in [1.82, 2.24) is 0 Å². The van der Waals surface area contributed by atoms with Gasteiger partial charge in [-0.15, -0.1) is 0 Å². The minimum absolute atomic E-state index is 0.0980. The number of carbonyl (C=O) groups excluding carboxylic acids is 3. The lowest BCUT2D eigenvalue weighted by Crippen LogP contribution is -2.30. The summed E-state index contributed by atoms with van der Waals surface area (Å²) in [6, 6.07) is 0. The van der Waals surface area contributed by atoms with E-state index in [1.807, 2.05) is 0 Å². The third-order valence-electron chi connectivity index (χ3n) is 15.0. The fraction of sp³-hybridized carbons (Fsp3) is 0.701. The van der Waals surface area contributed by atoms with E-state index in [0.29, 0.717) is 19.3 Å². The highest BCUT2D eigenvalue weighted by atomic mass is 16.6. The summed E-state index contributed by atoms with van der Waals surface area (Å²) in [6.07, 6.45) is 97.9. The summed E-state index contributed by atoms with van der Waals surface area (Å²) < 4.78 is 17.0. The Bertz CT molecular complexity index is 1700. The first-order valence-corrected chi connectivity index (χ1v) is 35.0. The molecular weight excluding hydrogens is 1020 g/mol. The van der Waals surface area contributed by atoms with Gasteiger partial charge >= 0.3 is 17.9 Å². The first-order valence-electron chi connectivity index (χ1n) is 35.0. The number of rotatable bonds is 63. The molecule has 0 N–H and O–H groups in total. The summed E-state index contributed by atoms with van der Waals surface area (Å²) >= 11 is 0. The maximum Gasteiger partial charge on any atom is 0.306 e. The van der Waals surface area contributed by atoms with E-state index in [-0.39, 0.29) is 37.5 Å². The first-order chi connectivity index (χ1) is 41.0. The van der Waals surface area contributed by atoms with Gasteiger partial charge in [-0.2, -0.15) is 0 Å². The van der Waals surface area contributed by atoms with E-state index in [1.54, 1.807) is 0 Å².